The molecule has 0 bridgehead atoms. The number of guanidine groups is 1. The van der Waals surface area contributed by atoms with Crippen molar-refractivity contribution < 1.29 is 19.1 Å². The molecule has 0 fully saturated rings. The van der Waals surface area contributed by atoms with E-state index in [0.29, 0.717) is 6.42 Å². The lowest BCUT2D eigenvalue weighted by atomic mass is 10.3. The van der Waals surface area contributed by atoms with Crippen molar-refractivity contribution in [3.8, 4) is 0 Å². The van der Waals surface area contributed by atoms with E-state index in [0.717, 1.165) is 0 Å². The molecule has 0 aromatic carbocycles. The Morgan fingerprint density at radius 2 is 1.96 bits per heavy atom. The number of amides is 2. The van der Waals surface area contributed by atoms with Crippen LogP contribution in [0.25, 0.3) is 0 Å². The molecule has 0 saturated heterocycles. The zero-order chi connectivity index (χ0) is 19.0. The minimum atomic E-state index is -0.961. The molecule has 0 unspecified atom stereocenters. The van der Waals surface area contributed by atoms with Crippen molar-refractivity contribution >= 4 is 47.0 Å². The molecule has 11 nitrogen and oxygen atoms in total. The number of carbonyl (C=O) groups excluding carboxylic acids is 3. The first kappa shape index (κ1) is 20.1. The number of nitrogens with one attached hydrogen (secondary N) is 2. The van der Waals surface area contributed by atoms with Crippen LogP contribution in [0.5, 0.6) is 0 Å². The SMILES string of the molecule is CCOC(=O)/N=C(\N)NC(=O)c1nc(Cl)c(NCC(=O)CC)nc1N. The summed E-state index contributed by atoms with van der Waals surface area (Å²) in [6.07, 6.45) is -0.620. The number of nitrogens with two attached hydrogens (primary N) is 2. The highest BCUT2D eigenvalue weighted by Gasteiger charge is 2.18. The fourth-order valence-corrected chi connectivity index (χ4v) is 1.67. The van der Waals surface area contributed by atoms with E-state index in [9.17, 15) is 14.4 Å². The molecule has 0 aliphatic carbocycles. The summed E-state index contributed by atoms with van der Waals surface area (Å²) < 4.78 is 4.55. The average molecular weight is 372 g/mol. The molecule has 0 spiro atoms. The first-order valence-electron chi connectivity index (χ1n) is 7.19. The highest BCUT2D eigenvalue weighted by molar-refractivity contribution is 6.32. The Hall–Kier alpha value is -2.95. The molecule has 1 rings (SSSR count). The smallest absolute Gasteiger partial charge is 0.436 e. The molecule has 1 heterocycles. The van der Waals surface area contributed by atoms with E-state index in [1.807, 2.05) is 0 Å². The lowest BCUT2D eigenvalue weighted by Gasteiger charge is -2.10. The summed E-state index contributed by atoms with van der Waals surface area (Å²) in [5.74, 6) is -1.63. The van der Waals surface area contributed by atoms with E-state index in [-0.39, 0.29) is 41.4 Å². The molecule has 2 amide bonds. The molecule has 1 aromatic heterocycles. The summed E-state index contributed by atoms with van der Waals surface area (Å²) >= 11 is 5.92. The Kier molecular flexibility index (Phi) is 7.53. The number of ether oxygens (including phenoxy) is 1. The molecule has 0 aliphatic heterocycles. The molecule has 0 aliphatic rings. The van der Waals surface area contributed by atoms with Crippen LogP contribution in [0.2, 0.25) is 5.15 Å². The molecule has 0 saturated carbocycles. The number of hydrogen-bond acceptors (Lipinski definition) is 8. The van der Waals surface area contributed by atoms with E-state index in [1.165, 1.54) is 0 Å². The molecule has 0 atom stereocenters. The molecular formula is C13H18ClN7O4. The maximum absolute atomic E-state index is 12.1. The van der Waals surface area contributed by atoms with Gasteiger partial charge in [0.15, 0.2) is 28.3 Å². The van der Waals surface area contributed by atoms with E-state index in [1.54, 1.807) is 13.8 Å². The molecule has 6 N–H and O–H groups in total. The van der Waals surface area contributed by atoms with E-state index in [4.69, 9.17) is 23.1 Å². The third kappa shape index (κ3) is 6.22. The van der Waals surface area contributed by atoms with Crippen LogP contribution in [0, 0.1) is 0 Å². The normalized spacial score (nSPS) is 10.9. The van der Waals surface area contributed by atoms with Crippen molar-refractivity contribution in [1.82, 2.24) is 15.3 Å². The van der Waals surface area contributed by atoms with Crippen LogP contribution in [-0.2, 0) is 9.53 Å². The fraction of sp³-hybridized carbons (Fsp3) is 0.385. The number of aromatic nitrogens is 2. The average Bonchev–Trinajstić information content (AvgIpc) is 2.54. The van der Waals surface area contributed by atoms with Crippen molar-refractivity contribution in [2.45, 2.75) is 20.3 Å². The maximum Gasteiger partial charge on any atom is 0.436 e. The lowest BCUT2D eigenvalue weighted by Crippen LogP contribution is -2.38. The number of anilines is 2. The summed E-state index contributed by atoms with van der Waals surface area (Å²) in [5.41, 5.74) is 10.7. The van der Waals surface area contributed by atoms with E-state index < -0.39 is 18.0 Å². The number of rotatable bonds is 6. The lowest BCUT2D eigenvalue weighted by molar-refractivity contribution is -0.117. The number of ketones is 1. The van der Waals surface area contributed by atoms with Crippen LogP contribution < -0.4 is 22.1 Å². The predicted molar refractivity (Wildman–Crippen MR) is 91.4 cm³/mol. The number of halogens is 1. The third-order valence-electron chi connectivity index (χ3n) is 2.66. The van der Waals surface area contributed by atoms with Crippen LogP contribution in [0.15, 0.2) is 4.99 Å². The minimum absolute atomic E-state index is 0.00493. The first-order valence-corrected chi connectivity index (χ1v) is 7.57. The Morgan fingerprint density at radius 3 is 2.56 bits per heavy atom. The Bertz CT molecular complexity index is 708. The number of nitrogens with zero attached hydrogens (tertiary/aromatic N) is 3. The van der Waals surface area contributed by atoms with Gasteiger partial charge in [0.1, 0.15) is 0 Å². The van der Waals surface area contributed by atoms with Crippen molar-refractivity contribution in [2.24, 2.45) is 10.7 Å². The number of Topliss-reactive ketones (excluding diaryl/α,β-unsaturated/α-hetero) is 1. The van der Waals surface area contributed by atoms with Gasteiger partial charge in [0.25, 0.3) is 5.91 Å². The van der Waals surface area contributed by atoms with Crippen LogP contribution in [0.3, 0.4) is 0 Å². The molecule has 136 valence electrons. The maximum atomic E-state index is 12.1. The van der Waals surface area contributed by atoms with Gasteiger partial charge in [-0.25, -0.2) is 14.8 Å². The van der Waals surface area contributed by atoms with Gasteiger partial charge < -0.3 is 21.5 Å². The van der Waals surface area contributed by atoms with Gasteiger partial charge in [0.05, 0.1) is 13.2 Å². The second-order valence-corrected chi connectivity index (χ2v) is 4.85. The quantitative estimate of drug-likeness (QED) is 0.404. The summed E-state index contributed by atoms with van der Waals surface area (Å²) in [7, 11) is 0. The molecule has 25 heavy (non-hydrogen) atoms. The summed E-state index contributed by atoms with van der Waals surface area (Å²) in [4.78, 5) is 45.5. The van der Waals surface area contributed by atoms with Crippen molar-refractivity contribution in [2.75, 3.05) is 24.2 Å². The third-order valence-corrected chi connectivity index (χ3v) is 2.93. The van der Waals surface area contributed by atoms with Crippen LogP contribution >= 0.6 is 11.6 Å². The number of carbonyl (C=O) groups is 3. The summed E-state index contributed by atoms with van der Waals surface area (Å²) in [6, 6.07) is 0. The standard InChI is InChI=1S/C13H18ClN7O4/c1-3-6(22)5-17-10-8(14)18-7(9(15)19-10)11(23)20-12(16)21-13(24)25-4-2/h3-5H2,1-2H3,(H3,15,17,19)(H3,16,20,21,23,24). The Balaban J connectivity index is 2.88. The Morgan fingerprint density at radius 1 is 1.28 bits per heavy atom. The molecule has 12 heteroatoms. The van der Waals surface area contributed by atoms with Gasteiger partial charge >= 0.3 is 6.09 Å². The van der Waals surface area contributed by atoms with Crippen LogP contribution in [0.1, 0.15) is 30.8 Å². The van der Waals surface area contributed by atoms with E-state index in [2.05, 4.69) is 30.3 Å². The second kappa shape index (κ2) is 9.37. The molecule has 1 aromatic rings. The van der Waals surface area contributed by atoms with Gasteiger partial charge in [-0.15, -0.1) is 4.99 Å². The predicted octanol–water partition coefficient (Wildman–Crippen LogP) is 0.304. The zero-order valence-corrected chi connectivity index (χ0v) is 14.4. The summed E-state index contributed by atoms with van der Waals surface area (Å²) in [5, 5.41) is 4.62. The monoisotopic (exact) mass is 371 g/mol. The summed E-state index contributed by atoms with van der Waals surface area (Å²) in [6.45, 7) is 3.40. The highest BCUT2D eigenvalue weighted by atomic mass is 35.5. The van der Waals surface area contributed by atoms with Gasteiger partial charge in [-0.05, 0) is 6.92 Å². The van der Waals surface area contributed by atoms with Gasteiger partial charge in [-0.2, -0.15) is 0 Å². The largest absolute Gasteiger partial charge is 0.448 e. The first-order chi connectivity index (χ1) is 11.8. The van der Waals surface area contributed by atoms with Crippen molar-refractivity contribution in [3.05, 3.63) is 10.8 Å². The second-order valence-electron chi connectivity index (χ2n) is 4.49. The van der Waals surface area contributed by atoms with Gasteiger partial charge in [0.2, 0.25) is 5.96 Å². The van der Waals surface area contributed by atoms with Crippen LogP contribution in [-0.4, -0.2) is 46.9 Å². The molecular weight excluding hydrogens is 354 g/mol. The fourth-order valence-electron chi connectivity index (χ4n) is 1.47. The van der Waals surface area contributed by atoms with Gasteiger partial charge in [0, 0.05) is 6.42 Å². The van der Waals surface area contributed by atoms with Crippen LogP contribution in [0.4, 0.5) is 16.4 Å². The topological polar surface area (TPSA) is 175 Å². The molecule has 0 radical (unpaired) electrons. The number of hydrogen-bond donors (Lipinski definition) is 4. The van der Waals surface area contributed by atoms with E-state index >= 15 is 0 Å². The van der Waals surface area contributed by atoms with Crippen molar-refractivity contribution in [1.29, 1.82) is 0 Å². The van der Waals surface area contributed by atoms with Gasteiger partial charge in [-0.3, -0.25) is 14.9 Å². The number of nitrogen functional groups attached to an aromatic ring is 1. The van der Waals surface area contributed by atoms with Gasteiger partial charge in [-0.1, -0.05) is 18.5 Å². The minimum Gasteiger partial charge on any atom is -0.448 e. The van der Waals surface area contributed by atoms with Crippen molar-refractivity contribution in [3.63, 3.8) is 0 Å². The highest BCUT2D eigenvalue weighted by Crippen LogP contribution is 2.20. The Labute approximate surface area is 148 Å². The zero-order valence-electron chi connectivity index (χ0n) is 13.6. The number of aliphatic imine (C=N–C) groups is 1.